The molecule has 2 aromatic carbocycles. The van der Waals surface area contributed by atoms with E-state index in [1.54, 1.807) is 0 Å². The minimum atomic E-state index is -0.375. The molecule has 0 aliphatic heterocycles. The van der Waals surface area contributed by atoms with Gasteiger partial charge < -0.3 is 9.63 Å². The second kappa shape index (κ2) is 4.82. The molecule has 1 N–H and O–H groups in total. The molecule has 104 valence electrons. The van der Waals surface area contributed by atoms with Crippen molar-refractivity contribution in [2.24, 2.45) is 0 Å². The summed E-state index contributed by atoms with van der Waals surface area (Å²) in [5.41, 5.74) is 3.97. The van der Waals surface area contributed by atoms with Gasteiger partial charge in [0.15, 0.2) is 0 Å². The second-order valence-corrected chi connectivity index (χ2v) is 5.22. The largest absolute Gasteiger partial charge is 0.388 e. The number of nitrogens with zero attached hydrogens (tertiary/aromatic N) is 2. The number of aliphatic hydroxyl groups excluding tert-OH is 1. The highest BCUT2D eigenvalue weighted by atomic mass is 16.5. The molecule has 0 saturated carbocycles. The maximum absolute atomic E-state index is 9.97. The molecule has 0 spiro atoms. The number of benzene rings is 2. The molecule has 1 heterocycles. The molecule has 1 aliphatic carbocycles. The quantitative estimate of drug-likeness (QED) is 0.780. The molecule has 0 bridgehead atoms. The number of rotatable bonds is 2. The van der Waals surface area contributed by atoms with Gasteiger partial charge in [-0.1, -0.05) is 41.6 Å². The van der Waals surface area contributed by atoms with Crippen LogP contribution in [0.25, 0.3) is 22.8 Å². The maximum Gasteiger partial charge on any atom is 0.258 e. The van der Waals surface area contributed by atoms with Crippen molar-refractivity contribution in [1.82, 2.24) is 10.1 Å². The highest BCUT2D eigenvalue weighted by Gasteiger charge is 2.24. The highest BCUT2D eigenvalue weighted by molar-refractivity contribution is 5.65. The molecule has 1 aliphatic rings. The van der Waals surface area contributed by atoms with Gasteiger partial charge >= 0.3 is 0 Å². The first kappa shape index (κ1) is 12.3. The molecule has 0 fully saturated rings. The first-order chi connectivity index (χ1) is 10.3. The summed E-state index contributed by atoms with van der Waals surface area (Å²) < 4.78 is 5.37. The van der Waals surface area contributed by atoms with Crippen LogP contribution in [0, 0.1) is 0 Å². The van der Waals surface area contributed by atoms with Crippen molar-refractivity contribution in [2.75, 3.05) is 0 Å². The lowest BCUT2D eigenvalue weighted by atomic mass is 10.0. The topological polar surface area (TPSA) is 59.2 Å². The van der Waals surface area contributed by atoms with Crippen LogP contribution >= 0.6 is 0 Å². The molecule has 4 nitrogen and oxygen atoms in total. The van der Waals surface area contributed by atoms with Gasteiger partial charge in [0.1, 0.15) is 0 Å². The van der Waals surface area contributed by atoms with Gasteiger partial charge in [0.25, 0.3) is 5.89 Å². The Kier molecular flexibility index (Phi) is 2.82. The van der Waals surface area contributed by atoms with Crippen molar-refractivity contribution < 1.29 is 9.63 Å². The fourth-order valence-electron chi connectivity index (χ4n) is 2.87. The SMILES string of the molecule is OC1CCc2c(-c3noc(-c4ccccc4)n3)cccc21. The zero-order chi connectivity index (χ0) is 14.2. The van der Waals surface area contributed by atoms with Gasteiger partial charge in [-0.05, 0) is 36.1 Å². The summed E-state index contributed by atoms with van der Waals surface area (Å²) in [5, 5.41) is 14.1. The number of aromatic nitrogens is 2. The summed E-state index contributed by atoms with van der Waals surface area (Å²) in [5.74, 6) is 1.10. The Morgan fingerprint density at radius 1 is 1.05 bits per heavy atom. The molecule has 1 atom stereocenters. The fraction of sp³-hybridized carbons (Fsp3) is 0.176. The smallest absolute Gasteiger partial charge is 0.258 e. The van der Waals surface area contributed by atoms with Gasteiger partial charge in [-0.3, -0.25) is 0 Å². The zero-order valence-corrected chi connectivity index (χ0v) is 11.4. The average Bonchev–Trinajstić information content (AvgIpc) is 3.16. The van der Waals surface area contributed by atoms with E-state index in [2.05, 4.69) is 10.1 Å². The van der Waals surface area contributed by atoms with Crippen LogP contribution in [-0.2, 0) is 6.42 Å². The van der Waals surface area contributed by atoms with E-state index in [4.69, 9.17) is 4.52 Å². The zero-order valence-electron chi connectivity index (χ0n) is 11.4. The average molecular weight is 278 g/mol. The lowest BCUT2D eigenvalue weighted by molar-refractivity contribution is 0.180. The summed E-state index contributed by atoms with van der Waals surface area (Å²) in [4.78, 5) is 4.49. The molecule has 21 heavy (non-hydrogen) atoms. The number of hydrogen-bond acceptors (Lipinski definition) is 4. The predicted octanol–water partition coefficient (Wildman–Crippen LogP) is 3.38. The molecule has 1 unspecified atom stereocenters. The fourth-order valence-corrected chi connectivity index (χ4v) is 2.87. The van der Waals surface area contributed by atoms with Crippen LogP contribution in [0.5, 0.6) is 0 Å². The van der Waals surface area contributed by atoms with Crippen molar-refractivity contribution in [2.45, 2.75) is 18.9 Å². The monoisotopic (exact) mass is 278 g/mol. The third kappa shape index (κ3) is 2.04. The summed E-state index contributed by atoms with van der Waals surface area (Å²) >= 11 is 0. The van der Waals surface area contributed by atoms with E-state index in [9.17, 15) is 5.11 Å². The number of aliphatic hydroxyl groups is 1. The van der Waals surface area contributed by atoms with Gasteiger partial charge in [-0.2, -0.15) is 4.98 Å². The van der Waals surface area contributed by atoms with Crippen molar-refractivity contribution in [3.8, 4) is 22.8 Å². The Bertz CT molecular complexity index is 780. The molecule has 0 radical (unpaired) electrons. The summed E-state index contributed by atoms with van der Waals surface area (Å²) in [6, 6.07) is 15.6. The molecule has 4 rings (SSSR count). The molecule has 0 amide bonds. The molecule has 1 aromatic heterocycles. The minimum absolute atomic E-state index is 0.375. The Labute approximate surface area is 122 Å². The van der Waals surface area contributed by atoms with Crippen molar-refractivity contribution in [3.63, 3.8) is 0 Å². The van der Waals surface area contributed by atoms with E-state index in [-0.39, 0.29) is 6.10 Å². The predicted molar refractivity (Wildman–Crippen MR) is 78.5 cm³/mol. The first-order valence-electron chi connectivity index (χ1n) is 7.02. The van der Waals surface area contributed by atoms with Crippen molar-refractivity contribution in [1.29, 1.82) is 0 Å². The molecule has 4 heteroatoms. The highest BCUT2D eigenvalue weighted by Crippen LogP contribution is 2.37. The van der Waals surface area contributed by atoms with Crippen molar-refractivity contribution >= 4 is 0 Å². The second-order valence-electron chi connectivity index (χ2n) is 5.22. The van der Waals surface area contributed by atoms with E-state index in [0.29, 0.717) is 11.7 Å². The Balaban J connectivity index is 1.78. The van der Waals surface area contributed by atoms with Crippen molar-refractivity contribution in [3.05, 3.63) is 59.7 Å². The Hall–Kier alpha value is -2.46. The molecule has 3 aromatic rings. The van der Waals surface area contributed by atoms with Gasteiger partial charge in [-0.15, -0.1) is 0 Å². The van der Waals surface area contributed by atoms with E-state index in [1.807, 2.05) is 48.5 Å². The number of fused-ring (bicyclic) bond motifs is 1. The summed E-state index contributed by atoms with van der Waals surface area (Å²) in [6.07, 6.45) is 1.23. The molecular formula is C17H14N2O2. The van der Waals surface area contributed by atoms with Crippen LogP contribution in [0.2, 0.25) is 0 Å². The Morgan fingerprint density at radius 3 is 2.76 bits per heavy atom. The van der Waals surface area contributed by atoms with Gasteiger partial charge in [0.05, 0.1) is 6.10 Å². The molecular weight excluding hydrogens is 264 g/mol. The number of hydrogen-bond donors (Lipinski definition) is 1. The maximum atomic E-state index is 9.97. The van der Waals surface area contributed by atoms with Crippen LogP contribution in [0.1, 0.15) is 23.7 Å². The summed E-state index contributed by atoms with van der Waals surface area (Å²) in [7, 11) is 0. The third-order valence-corrected chi connectivity index (χ3v) is 3.93. The van der Waals surface area contributed by atoms with Gasteiger partial charge in [-0.25, -0.2) is 0 Å². The van der Waals surface area contributed by atoms with Gasteiger partial charge in [0.2, 0.25) is 5.82 Å². The standard InChI is InChI=1S/C17H14N2O2/c20-15-10-9-12-13(15)7-4-8-14(12)16-18-17(21-19-16)11-5-2-1-3-6-11/h1-8,15,20H,9-10H2. The first-order valence-corrected chi connectivity index (χ1v) is 7.02. The lowest BCUT2D eigenvalue weighted by Crippen LogP contribution is -1.92. The van der Waals surface area contributed by atoms with E-state index in [0.717, 1.165) is 35.1 Å². The van der Waals surface area contributed by atoms with Crippen LogP contribution < -0.4 is 0 Å². The van der Waals surface area contributed by atoms with Crippen LogP contribution in [-0.4, -0.2) is 15.2 Å². The summed E-state index contributed by atoms with van der Waals surface area (Å²) in [6.45, 7) is 0. The van der Waals surface area contributed by atoms with Gasteiger partial charge in [0, 0.05) is 11.1 Å². The lowest BCUT2D eigenvalue weighted by Gasteiger charge is -2.05. The van der Waals surface area contributed by atoms with Crippen LogP contribution in [0.3, 0.4) is 0 Å². The van der Waals surface area contributed by atoms with Crippen LogP contribution in [0.4, 0.5) is 0 Å². The van der Waals surface area contributed by atoms with E-state index in [1.165, 1.54) is 0 Å². The van der Waals surface area contributed by atoms with Crippen LogP contribution in [0.15, 0.2) is 53.1 Å². The minimum Gasteiger partial charge on any atom is -0.388 e. The van der Waals surface area contributed by atoms with E-state index < -0.39 is 0 Å². The normalized spacial score (nSPS) is 16.9. The molecule has 0 saturated heterocycles. The third-order valence-electron chi connectivity index (χ3n) is 3.93. The Morgan fingerprint density at radius 2 is 1.90 bits per heavy atom. The van der Waals surface area contributed by atoms with E-state index >= 15 is 0 Å².